The van der Waals surface area contributed by atoms with E-state index in [2.05, 4.69) is 39.2 Å². The van der Waals surface area contributed by atoms with Gasteiger partial charge in [-0.25, -0.2) is 4.98 Å². The van der Waals surface area contributed by atoms with Gasteiger partial charge in [0, 0.05) is 21.7 Å². The minimum Gasteiger partial charge on any atom is -0.454 e. The van der Waals surface area contributed by atoms with E-state index in [-0.39, 0.29) is 6.79 Å². The van der Waals surface area contributed by atoms with Gasteiger partial charge in [-0.15, -0.1) is 0 Å². The summed E-state index contributed by atoms with van der Waals surface area (Å²) in [6, 6.07) is 12.1. The molecule has 0 atom stereocenters. The maximum Gasteiger partial charge on any atom is 0.231 e. The molecule has 110 valence electrons. The molecule has 0 bridgehead atoms. The van der Waals surface area contributed by atoms with Crippen molar-refractivity contribution in [1.29, 1.82) is 0 Å². The molecule has 1 aliphatic rings. The number of benzene rings is 2. The number of fused-ring (bicyclic) bond motifs is 2. The van der Waals surface area contributed by atoms with Crippen LogP contribution >= 0.6 is 15.9 Å². The Morgan fingerprint density at radius 1 is 1.09 bits per heavy atom. The maximum absolute atomic E-state index is 5.46. The summed E-state index contributed by atoms with van der Waals surface area (Å²) in [4.78, 5) is 4.46. The van der Waals surface area contributed by atoms with Crippen LogP contribution in [-0.2, 0) is 0 Å². The fourth-order valence-corrected chi connectivity index (χ4v) is 2.85. The SMILES string of the molecule is Cc1ccc(Nc2nccc3cc4c(cc23)OCO4)cc1Br. The number of hydrogen-bond donors (Lipinski definition) is 1. The van der Waals surface area contributed by atoms with Crippen LogP contribution in [0.2, 0.25) is 0 Å². The van der Waals surface area contributed by atoms with Crippen molar-refractivity contribution in [1.82, 2.24) is 4.98 Å². The number of nitrogens with zero attached hydrogens (tertiary/aromatic N) is 1. The van der Waals surface area contributed by atoms with Gasteiger partial charge in [-0.05, 0) is 48.2 Å². The second-order valence-electron chi connectivity index (χ2n) is 5.18. The zero-order valence-electron chi connectivity index (χ0n) is 11.9. The summed E-state index contributed by atoms with van der Waals surface area (Å²) >= 11 is 3.55. The first-order valence-electron chi connectivity index (χ1n) is 6.92. The highest BCUT2D eigenvalue weighted by Crippen LogP contribution is 2.38. The van der Waals surface area contributed by atoms with Gasteiger partial charge >= 0.3 is 0 Å². The highest BCUT2D eigenvalue weighted by molar-refractivity contribution is 9.10. The molecular weight excluding hydrogens is 344 g/mol. The third-order valence-corrected chi connectivity index (χ3v) is 4.55. The summed E-state index contributed by atoms with van der Waals surface area (Å²) in [6.07, 6.45) is 1.79. The van der Waals surface area contributed by atoms with Crippen molar-refractivity contribution < 1.29 is 9.47 Å². The summed E-state index contributed by atoms with van der Waals surface area (Å²) in [5.74, 6) is 2.34. The highest BCUT2D eigenvalue weighted by Gasteiger charge is 2.16. The number of anilines is 2. The van der Waals surface area contributed by atoms with E-state index in [1.807, 2.05) is 30.3 Å². The molecule has 2 heterocycles. The largest absolute Gasteiger partial charge is 0.454 e. The Morgan fingerprint density at radius 3 is 2.73 bits per heavy atom. The zero-order valence-corrected chi connectivity index (χ0v) is 13.5. The molecular formula is C17H13BrN2O2. The van der Waals surface area contributed by atoms with Crippen LogP contribution in [0.25, 0.3) is 10.8 Å². The van der Waals surface area contributed by atoms with Gasteiger partial charge in [0.05, 0.1) is 0 Å². The minimum absolute atomic E-state index is 0.271. The van der Waals surface area contributed by atoms with Crippen LogP contribution in [0, 0.1) is 6.92 Å². The maximum atomic E-state index is 5.46. The second-order valence-corrected chi connectivity index (χ2v) is 6.03. The molecule has 0 aliphatic carbocycles. The number of rotatable bonds is 2. The number of pyridine rings is 1. The van der Waals surface area contributed by atoms with E-state index in [4.69, 9.17) is 9.47 Å². The minimum atomic E-state index is 0.271. The van der Waals surface area contributed by atoms with Crippen LogP contribution in [0.15, 0.2) is 47.1 Å². The molecule has 2 aromatic carbocycles. The fourth-order valence-electron chi connectivity index (χ4n) is 2.47. The van der Waals surface area contributed by atoms with Gasteiger partial charge in [-0.1, -0.05) is 22.0 Å². The van der Waals surface area contributed by atoms with Gasteiger partial charge in [-0.3, -0.25) is 0 Å². The molecule has 5 heteroatoms. The second kappa shape index (κ2) is 5.18. The average molecular weight is 357 g/mol. The van der Waals surface area contributed by atoms with E-state index in [1.54, 1.807) is 6.20 Å². The smallest absolute Gasteiger partial charge is 0.231 e. The lowest BCUT2D eigenvalue weighted by Gasteiger charge is -2.10. The Morgan fingerprint density at radius 2 is 1.91 bits per heavy atom. The number of nitrogens with one attached hydrogen (secondary N) is 1. The van der Waals surface area contributed by atoms with E-state index >= 15 is 0 Å². The average Bonchev–Trinajstić information content (AvgIpc) is 2.96. The summed E-state index contributed by atoms with van der Waals surface area (Å²) < 4.78 is 12.0. The van der Waals surface area contributed by atoms with Crippen molar-refractivity contribution in [3.63, 3.8) is 0 Å². The number of ether oxygens (including phenoxy) is 2. The molecule has 3 aromatic rings. The predicted octanol–water partition coefficient (Wildman–Crippen LogP) is 4.78. The van der Waals surface area contributed by atoms with Crippen LogP contribution in [0.3, 0.4) is 0 Å². The number of aromatic nitrogens is 1. The van der Waals surface area contributed by atoms with Gasteiger partial charge in [-0.2, -0.15) is 0 Å². The van der Waals surface area contributed by atoms with Gasteiger partial charge in [0.2, 0.25) is 6.79 Å². The number of aryl methyl sites for hydroxylation is 1. The monoisotopic (exact) mass is 356 g/mol. The molecule has 0 saturated heterocycles. The van der Waals surface area contributed by atoms with Crippen LogP contribution in [-0.4, -0.2) is 11.8 Å². The van der Waals surface area contributed by atoms with Crippen LogP contribution in [0.5, 0.6) is 11.5 Å². The molecule has 1 aromatic heterocycles. The summed E-state index contributed by atoms with van der Waals surface area (Å²) in [5.41, 5.74) is 2.18. The third kappa shape index (κ3) is 2.27. The van der Waals surface area contributed by atoms with Crippen molar-refractivity contribution in [2.24, 2.45) is 0 Å². The summed E-state index contributed by atoms with van der Waals surface area (Å²) in [6.45, 7) is 2.33. The summed E-state index contributed by atoms with van der Waals surface area (Å²) in [5, 5.41) is 5.43. The molecule has 0 radical (unpaired) electrons. The molecule has 1 N–H and O–H groups in total. The molecule has 22 heavy (non-hydrogen) atoms. The van der Waals surface area contributed by atoms with Crippen LogP contribution in [0.4, 0.5) is 11.5 Å². The highest BCUT2D eigenvalue weighted by atomic mass is 79.9. The molecule has 0 amide bonds. The topological polar surface area (TPSA) is 43.4 Å². The number of halogens is 1. The lowest BCUT2D eigenvalue weighted by molar-refractivity contribution is 0.174. The predicted molar refractivity (Wildman–Crippen MR) is 90.0 cm³/mol. The van der Waals surface area contributed by atoms with Crippen molar-refractivity contribution in [2.75, 3.05) is 12.1 Å². The van der Waals surface area contributed by atoms with E-state index in [9.17, 15) is 0 Å². The van der Waals surface area contributed by atoms with E-state index in [0.717, 1.165) is 38.2 Å². The quantitative estimate of drug-likeness (QED) is 0.717. The van der Waals surface area contributed by atoms with Crippen molar-refractivity contribution in [2.45, 2.75) is 6.92 Å². The van der Waals surface area contributed by atoms with Crippen molar-refractivity contribution in [3.8, 4) is 11.5 Å². The Bertz CT molecular complexity index is 880. The first-order chi connectivity index (χ1) is 10.7. The van der Waals surface area contributed by atoms with Gasteiger partial charge < -0.3 is 14.8 Å². The Balaban J connectivity index is 1.79. The fraction of sp³-hybridized carbons (Fsp3) is 0.118. The normalized spacial score (nSPS) is 12.6. The molecule has 4 rings (SSSR count). The molecule has 4 nitrogen and oxygen atoms in total. The Labute approximate surface area is 136 Å². The molecule has 0 fully saturated rings. The standard InChI is InChI=1S/C17H13BrN2O2/c1-10-2-3-12(7-14(10)18)20-17-13-8-16-15(21-9-22-16)6-11(13)4-5-19-17/h2-8H,9H2,1H3,(H,19,20). The first-order valence-corrected chi connectivity index (χ1v) is 7.71. The summed E-state index contributed by atoms with van der Waals surface area (Å²) in [7, 11) is 0. The van der Waals surface area contributed by atoms with E-state index < -0.39 is 0 Å². The first kappa shape index (κ1) is 13.4. The Hall–Kier alpha value is -2.27. The van der Waals surface area contributed by atoms with Crippen LogP contribution < -0.4 is 14.8 Å². The lowest BCUT2D eigenvalue weighted by Crippen LogP contribution is -1.95. The lowest BCUT2D eigenvalue weighted by atomic mass is 10.1. The van der Waals surface area contributed by atoms with Crippen molar-refractivity contribution >= 4 is 38.2 Å². The molecule has 1 aliphatic heterocycles. The third-order valence-electron chi connectivity index (χ3n) is 3.69. The molecule has 0 saturated carbocycles. The zero-order chi connectivity index (χ0) is 15.1. The van der Waals surface area contributed by atoms with Crippen LogP contribution in [0.1, 0.15) is 5.56 Å². The molecule has 0 unspecified atom stereocenters. The number of hydrogen-bond acceptors (Lipinski definition) is 4. The Kier molecular flexibility index (Phi) is 3.15. The van der Waals surface area contributed by atoms with Gasteiger partial charge in [0.1, 0.15) is 5.82 Å². The van der Waals surface area contributed by atoms with Crippen molar-refractivity contribution in [3.05, 3.63) is 52.6 Å². The van der Waals surface area contributed by atoms with Gasteiger partial charge in [0.25, 0.3) is 0 Å². The van der Waals surface area contributed by atoms with E-state index in [1.165, 1.54) is 5.56 Å². The van der Waals surface area contributed by atoms with Gasteiger partial charge in [0.15, 0.2) is 11.5 Å². The van der Waals surface area contributed by atoms with E-state index in [0.29, 0.717) is 0 Å². The molecule has 0 spiro atoms.